The quantitative estimate of drug-likeness (QED) is 0.404. The van der Waals surface area contributed by atoms with Crippen LogP contribution in [0.2, 0.25) is 0 Å². The number of benzene rings is 2. The number of rotatable bonds is 8. The van der Waals surface area contributed by atoms with Crippen LogP contribution in [0.5, 0.6) is 5.75 Å². The predicted molar refractivity (Wildman–Crippen MR) is 139 cm³/mol. The van der Waals surface area contributed by atoms with E-state index in [-0.39, 0.29) is 12.0 Å². The Bertz CT molecular complexity index is 1150. The minimum Gasteiger partial charge on any atom is -0.491 e. The van der Waals surface area contributed by atoms with Crippen molar-refractivity contribution in [2.24, 2.45) is 5.92 Å². The van der Waals surface area contributed by atoms with Crippen LogP contribution in [0.3, 0.4) is 0 Å². The zero-order chi connectivity index (χ0) is 24.2. The number of carboxylic acids is 1. The lowest BCUT2D eigenvalue weighted by Gasteiger charge is -2.30. The number of thiazole rings is 1. The number of aromatic nitrogens is 1. The van der Waals surface area contributed by atoms with E-state index >= 15 is 0 Å². The Kier molecular flexibility index (Phi) is 7.69. The van der Waals surface area contributed by atoms with Crippen molar-refractivity contribution in [3.63, 3.8) is 0 Å². The maximum atomic E-state index is 11.3. The minimum absolute atomic E-state index is 0.152. The number of aryl methyl sites for hydroxylation is 1. The van der Waals surface area contributed by atoms with Gasteiger partial charge in [-0.25, -0.2) is 4.98 Å². The molecule has 1 aliphatic heterocycles. The molecule has 6 heteroatoms. The summed E-state index contributed by atoms with van der Waals surface area (Å²) in [4.78, 5) is 19.6. The van der Waals surface area contributed by atoms with E-state index in [2.05, 4.69) is 49.1 Å². The minimum atomic E-state index is -0.658. The van der Waals surface area contributed by atoms with Gasteiger partial charge in [-0.1, -0.05) is 25.1 Å². The second-order valence-corrected chi connectivity index (χ2v) is 10.4. The highest BCUT2D eigenvalue weighted by molar-refractivity contribution is 7.18. The van der Waals surface area contributed by atoms with Gasteiger partial charge >= 0.3 is 5.97 Å². The first-order valence-corrected chi connectivity index (χ1v) is 13.0. The lowest BCUT2D eigenvalue weighted by molar-refractivity contribution is -0.143. The van der Waals surface area contributed by atoms with E-state index in [9.17, 15) is 9.90 Å². The number of hydrogen-bond acceptors (Lipinski definition) is 5. The second-order valence-electron chi connectivity index (χ2n) is 9.36. The van der Waals surface area contributed by atoms with Crippen LogP contribution < -0.4 is 4.74 Å². The molecule has 1 aliphatic rings. The lowest BCUT2D eigenvalue weighted by atomic mass is 9.94. The van der Waals surface area contributed by atoms with Gasteiger partial charge in [0.1, 0.15) is 10.8 Å². The van der Waals surface area contributed by atoms with E-state index < -0.39 is 5.97 Å². The van der Waals surface area contributed by atoms with Crippen LogP contribution >= 0.6 is 11.3 Å². The van der Waals surface area contributed by atoms with Crippen molar-refractivity contribution in [2.75, 3.05) is 13.1 Å². The van der Waals surface area contributed by atoms with Crippen LogP contribution in [0.15, 0.2) is 42.6 Å². The van der Waals surface area contributed by atoms with E-state index in [0.29, 0.717) is 0 Å². The lowest BCUT2D eigenvalue weighted by Crippen LogP contribution is -2.36. The summed E-state index contributed by atoms with van der Waals surface area (Å²) in [6, 6.07) is 12.8. The third-order valence-corrected chi connectivity index (χ3v) is 7.59. The fraction of sp³-hybridized carbons (Fsp3) is 0.429. The third-order valence-electron chi connectivity index (χ3n) is 6.51. The topological polar surface area (TPSA) is 62.7 Å². The van der Waals surface area contributed by atoms with Gasteiger partial charge in [-0.15, -0.1) is 11.3 Å². The van der Waals surface area contributed by atoms with Gasteiger partial charge in [0.2, 0.25) is 0 Å². The summed E-state index contributed by atoms with van der Waals surface area (Å²) in [6.45, 7) is 10.9. The van der Waals surface area contributed by atoms with Crippen molar-refractivity contribution in [3.05, 3.63) is 59.3 Å². The van der Waals surface area contributed by atoms with Gasteiger partial charge in [0.25, 0.3) is 0 Å². The van der Waals surface area contributed by atoms with Crippen LogP contribution in [0.25, 0.3) is 21.0 Å². The molecule has 2 heterocycles. The maximum absolute atomic E-state index is 11.3. The van der Waals surface area contributed by atoms with Crippen molar-refractivity contribution in [3.8, 4) is 26.8 Å². The summed E-state index contributed by atoms with van der Waals surface area (Å²) in [5, 5.41) is 10.3. The maximum Gasteiger partial charge on any atom is 0.306 e. The monoisotopic (exact) mass is 478 g/mol. The molecule has 0 saturated carbocycles. The highest BCUT2D eigenvalue weighted by atomic mass is 32.1. The van der Waals surface area contributed by atoms with E-state index in [0.717, 1.165) is 60.8 Å². The largest absolute Gasteiger partial charge is 0.491 e. The fourth-order valence-corrected chi connectivity index (χ4v) is 5.68. The number of hydrogen-bond donors (Lipinski definition) is 1. The molecule has 34 heavy (non-hydrogen) atoms. The molecule has 0 bridgehead atoms. The van der Waals surface area contributed by atoms with Crippen LogP contribution in [-0.2, 0) is 17.8 Å². The highest BCUT2D eigenvalue weighted by Gasteiger charge is 2.25. The fourth-order valence-electron chi connectivity index (χ4n) is 4.71. The van der Waals surface area contributed by atoms with E-state index in [1.54, 1.807) is 11.3 Å². The molecule has 5 nitrogen and oxygen atoms in total. The normalized spacial score (nSPS) is 15.1. The molecule has 1 fully saturated rings. The Hall–Kier alpha value is -2.70. The summed E-state index contributed by atoms with van der Waals surface area (Å²) in [7, 11) is 0. The molecular formula is C28H34N2O3S. The van der Waals surface area contributed by atoms with Crippen LogP contribution in [0.1, 0.15) is 50.3 Å². The molecule has 180 valence electrons. The number of aliphatic carboxylic acids is 1. The van der Waals surface area contributed by atoms with E-state index in [4.69, 9.17) is 9.72 Å². The molecule has 1 N–H and O–H groups in total. The molecule has 0 radical (unpaired) electrons. The standard InChI is InChI=1S/C28H34N2O3S/c1-5-23-22(17-30-13-11-20(12-14-30)28(31)32)7-6-8-24(23)26-16-29-27(34-26)21-9-10-25(19(4)15-21)33-18(2)3/h6-10,15-16,18,20H,5,11-14,17H2,1-4H3,(H,31,32). The summed E-state index contributed by atoms with van der Waals surface area (Å²) in [6.07, 6.45) is 4.55. The Labute approximate surface area is 206 Å². The number of carboxylic acid groups (broad SMARTS) is 1. The molecule has 0 unspecified atom stereocenters. The number of carbonyl (C=O) groups is 1. The van der Waals surface area contributed by atoms with Crippen LogP contribution in [0.4, 0.5) is 0 Å². The SMILES string of the molecule is CCc1c(CN2CCC(C(=O)O)CC2)cccc1-c1cnc(-c2ccc(OC(C)C)c(C)c2)s1. The molecule has 0 aliphatic carbocycles. The average molecular weight is 479 g/mol. The molecule has 1 saturated heterocycles. The van der Waals surface area contributed by atoms with E-state index in [1.165, 1.54) is 21.6 Å². The first-order chi connectivity index (χ1) is 16.4. The summed E-state index contributed by atoms with van der Waals surface area (Å²) in [5.41, 5.74) is 6.16. The number of ether oxygens (including phenoxy) is 1. The van der Waals surface area contributed by atoms with Crippen molar-refractivity contribution >= 4 is 17.3 Å². The molecule has 0 spiro atoms. The van der Waals surface area contributed by atoms with Gasteiger partial charge in [0, 0.05) is 18.3 Å². The predicted octanol–water partition coefficient (Wildman–Crippen LogP) is 6.43. The van der Waals surface area contributed by atoms with Gasteiger partial charge in [-0.3, -0.25) is 9.69 Å². The summed E-state index contributed by atoms with van der Waals surface area (Å²) >= 11 is 1.72. The summed E-state index contributed by atoms with van der Waals surface area (Å²) < 4.78 is 5.88. The zero-order valence-corrected chi connectivity index (χ0v) is 21.3. The van der Waals surface area contributed by atoms with Gasteiger partial charge < -0.3 is 9.84 Å². The smallest absolute Gasteiger partial charge is 0.306 e. The second kappa shape index (κ2) is 10.7. The molecule has 1 aromatic heterocycles. The van der Waals surface area contributed by atoms with Crippen molar-refractivity contribution in [1.29, 1.82) is 0 Å². The van der Waals surface area contributed by atoms with Gasteiger partial charge in [-0.05, 0) is 93.6 Å². The molecule has 2 aromatic carbocycles. The van der Waals surface area contributed by atoms with Crippen LogP contribution in [-0.4, -0.2) is 40.2 Å². The molecular weight excluding hydrogens is 444 g/mol. The molecule has 3 aromatic rings. The van der Waals surface area contributed by atoms with E-state index in [1.807, 2.05) is 26.1 Å². The van der Waals surface area contributed by atoms with Gasteiger partial charge in [-0.2, -0.15) is 0 Å². The highest BCUT2D eigenvalue weighted by Crippen LogP contribution is 2.37. The van der Waals surface area contributed by atoms with Gasteiger partial charge in [0.05, 0.1) is 16.9 Å². The number of nitrogens with zero attached hydrogens (tertiary/aromatic N) is 2. The molecule has 4 rings (SSSR count). The first-order valence-electron chi connectivity index (χ1n) is 12.2. The number of likely N-dealkylation sites (tertiary alicyclic amines) is 1. The molecule has 0 atom stereocenters. The Morgan fingerprint density at radius 1 is 1.24 bits per heavy atom. The molecule has 0 amide bonds. The number of piperidine rings is 1. The average Bonchev–Trinajstić information content (AvgIpc) is 3.30. The Morgan fingerprint density at radius 3 is 2.65 bits per heavy atom. The third kappa shape index (κ3) is 5.50. The zero-order valence-electron chi connectivity index (χ0n) is 20.5. The summed E-state index contributed by atoms with van der Waals surface area (Å²) in [5.74, 6) is 0.0662. The first kappa shape index (κ1) is 24.4. The van der Waals surface area contributed by atoms with Crippen molar-refractivity contribution in [2.45, 2.75) is 59.6 Å². The Balaban J connectivity index is 1.54. The van der Waals surface area contributed by atoms with Crippen molar-refractivity contribution < 1.29 is 14.6 Å². The van der Waals surface area contributed by atoms with Crippen molar-refractivity contribution in [1.82, 2.24) is 9.88 Å². The van der Waals surface area contributed by atoms with Gasteiger partial charge in [0.15, 0.2) is 0 Å². The Morgan fingerprint density at radius 2 is 2.00 bits per heavy atom. The van der Waals surface area contributed by atoms with Crippen LogP contribution in [0, 0.1) is 12.8 Å².